The van der Waals surface area contributed by atoms with Crippen LogP contribution in [0.15, 0.2) is 52.5 Å². The summed E-state index contributed by atoms with van der Waals surface area (Å²) in [6.07, 6.45) is -6.60. The molecule has 40 heavy (non-hydrogen) atoms. The van der Waals surface area contributed by atoms with Crippen LogP contribution in [0.4, 0.5) is 31.1 Å². The molecule has 1 aliphatic rings. The molecular weight excluding hydrogens is 560 g/mol. The van der Waals surface area contributed by atoms with Gasteiger partial charge in [0.25, 0.3) is 5.24 Å². The number of hydrogen-bond acceptors (Lipinski definition) is 6. The Morgan fingerprint density at radius 3 is 2.55 bits per heavy atom. The molecule has 0 atom stereocenters. The highest BCUT2D eigenvalue weighted by Crippen LogP contribution is 2.37. The molecule has 2 heterocycles. The van der Waals surface area contributed by atoms with Crippen molar-refractivity contribution in [3.8, 4) is 0 Å². The minimum Gasteiger partial charge on any atom is -0.378 e. The van der Waals surface area contributed by atoms with Crippen LogP contribution in [0.1, 0.15) is 22.3 Å². The highest BCUT2D eigenvalue weighted by atomic mass is 32.2. The maximum absolute atomic E-state index is 13.5. The molecule has 0 aliphatic carbocycles. The Labute approximate surface area is 229 Å². The summed E-state index contributed by atoms with van der Waals surface area (Å²) in [5, 5.41) is 7.30. The van der Waals surface area contributed by atoms with Gasteiger partial charge in [0.15, 0.2) is 0 Å². The zero-order valence-corrected chi connectivity index (χ0v) is 22.3. The topological polar surface area (TPSA) is 71.8 Å². The second-order valence-corrected chi connectivity index (χ2v) is 10.2. The van der Waals surface area contributed by atoms with Gasteiger partial charge < -0.3 is 15.0 Å². The Bertz CT molecular complexity index is 1450. The molecule has 1 aliphatic heterocycles. The number of amidine groups is 1. The van der Waals surface area contributed by atoms with E-state index in [0.717, 1.165) is 24.4 Å². The summed E-state index contributed by atoms with van der Waals surface area (Å²) in [4.78, 5) is 19.0. The molecule has 4 rings (SSSR count). The molecule has 14 heteroatoms. The number of carbonyl (C=O) groups excluding carboxylic acids is 1. The van der Waals surface area contributed by atoms with Gasteiger partial charge in [0.1, 0.15) is 5.84 Å². The predicted molar refractivity (Wildman–Crippen MR) is 141 cm³/mol. The largest absolute Gasteiger partial charge is 0.416 e. The second kappa shape index (κ2) is 12.0. The van der Waals surface area contributed by atoms with Crippen molar-refractivity contribution in [3.05, 3.63) is 69.8 Å². The smallest absolute Gasteiger partial charge is 0.378 e. The molecule has 3 aromatic rings. The second-order valence-electron chi connectivity index (χ2n) is 9.18. The van der Waals surface area contributed by atoms with Crippen molar-refractivity contribution < 1.29 is 35.9 Å². The Morgan fingerprint density at radius 1 is 1.07 bits per heavy atom. The summed E-state index contributed by atoms with van der Waals surface area (Å²) >= 11 is 0.985. The molecule has 1 fully saturated rings. The van der Waals surface area contributed by atoms with E-state index in [0.29, 0.717) is 53.0 Å². The van der Waals surface area contributed by atoms with Crippen molar-refractivity contribution in [1.29, 1.82) is 0 Å². The molecule has 7 nitrogen and oxygen atoms in total. The van der Waals surface area contributed by atoms with E-state index in [1.165, 1.54) is 10.9 Å². The molecule has 214 valence electrons. The molecular formula is C26H25F6N5O2S. The van der Waals surface area contributed by atoms with Crippen LogP contribution in [-0.2, 0) is 23.6 Å². The van der Waals surface area contributed by atoms with Crippen LogP contribution in [0, 0.1) is 0 Å². The molecule has 0 spiro atoms. The normalized spacial score (nSPS) is 16.6. The van der Waals surface area contributed by atoms with Gasteiger partial charge in [0, 0.05) is 18.1 Å². The third kappa shape index (κ3) is 7.64. The van der Waals surface area contributed by atoms with Gasteiger partial charge in [-0.1, -0.05) is 12.1 Å². The minimum atomic E-state index is -4.97. The summed E-state index contributed by atoms with van der Waals surface area (Å²) in [5.41, 5.74) is -1.89. The van der Waals surface area contributed by atoms with Crippen molar-refractivity contribution in [2.45, 2.75) is 18.9 Å². The molecule has 1 N–H and O–H groups in total. The maximum Gasteiger partial charge on any atom is 0.416 e. The average Bonchev–Trinajstić information content (AvgIpc) is 3.41. The number of aliphatic imine (C=N–C) groups is 1. The summed E-state index contributed by atoms with van der Waals surface area (Å²) in [7, 11) is 3.88. The van der Waals surface area contributed by atoms with Crippen molar-refractivity contribution in [2.24, 2.45) is 4.99 Å². The van der Waals surface area contributed by atoms with E-state index in [2.05, 4.69) is 15.4 Å². The van der Waals surface area contributed by atoms with E-state index < -0.39 is 23.5 Å². The lowest BCUT2D eigenvalue weighted by atomic mass is 10.0. The number of nitrogens with zero attached hydrogens (tertiary/aromatic N) is 4. The highest BCUT2D eigenvalue weighted by Gasteiger charge is 2.38. The number of benzene rings is 2. The van der Waals surface area contributed by atoms with Gasteiger partial charge in [-0.25, -0.2) is 0 Å². The third-order valence-corrected chi connectivity index (χ3v) is 6.61. The number of aromatic nitrogens is 2. The number of carbonyl (C=O) groups is 1. The third-order valence-electron chi connectivity index (χ3n) is 5.79. The number of halogens is 6. The summed E-state index contributed by atoms with van der Waals surface area (Å²) < 4.78 is 86.3. The Balaban J connectivity index is 1.52. The molecule has 2 aromatic carbocycles. The van der Waals surface area contributed by atoms with Crippen LogP contribution in [0.2, 0.25) is 0 Å². The summed E-state index contributed by atoms with van der Waals surface area (Å²) in [6.45, 7) is 1.72. The average molecular weight is 586 g/mol. The molecule has 1 amide bonds. The van der Waals surface area contributed by atoms with Gasteiger partial charge in [0.05, 0.1) is 47.9 Å². The monoisotopic (exact) mass is 585 g/mol. The van der Waals surface area contributed by atoms with E-state index in [9.17, 15) is 31.1 Å². The van der Waals surface area contributed by atoms with E-state index in [1.807, 2.05) is 19.0 Å². The highest BCUT2D eigenvalue weighted by molar-refractivity contribution is 8.18. The zero-order chi connectivity index (χ0) is 29.1. The van der Waals surface area contributed by atoms with Gasteiger partial charge in [0.2, 0.25) is 0 Å². The van der Waals surface area contributed by atoms with Crippen LogP contribution in [0.25, 0.3) is 17.0 Å². The Kier molecular flexibility index (Phi) is 8.90. The van der Waals surface area contributed by atoms with E-state index in [-0.39, 0.29) is 23.4 Å². The van der Waals surface area contributed by atoms with Crippen LogP contribution in [0.5, 0.6) is 0 Å². The molecule has 1 saturated heterocycles. The Hall–Kier alpha value is -3.36. The van der Waals surface area contributed by atoms with E-state index in [1.54, 1.807) is 24.3 Å². The van der Waals surface area contributed by atoms with Gasteiger partial charge in [-0.05, 0) is 67.3 Å². The number of nitrogens with one attached hydrogen (secondary N) is 1. The van der Waals surface area contributed by atoms with Gasteiger partial charge in [-0.3, -0.25) is 14.5 Å². The standard InChI is InChI=1S/C26H25F6N5O2S/c1-36(2)8-10-39-9-7-33-23-22(40-24(38)34-23)12-16-3-6-21-18(11-16)15-37(35-21)14-17-4-5-19(25(27,28)29)13-20(17)26(30,31)32/h3-6,11-13,15H,7-10,14H2,1-2H3,(H,33,34,38)/b22-12-. The minimum absolute atomic E-state index is 0.118. The fourth-order valence-electron chi connectivity index (χ4n) is 3.86. The molecule has 1 aromatic heterocycles. The zero-order valence-electron chi connectivity index (χ0n) is 21.4. The van der Waals surface area contributed by atoms with Crippen LogP contribution >= 0.6 is 11.8 Å². The van der Waals surface area contributed by atoms with Gasteiger partial charge >= 0.3 is 12.4 Å². The number of likely N-dealkylation sites (N-methyl/N-ethyl adjacent to an activating group) is 1. The van der Waals surface area contributed by atoms with Crippen molar-refractivity contribution in [2.75, 3.05) is 40.4 Å². The molecule has 0 bridgehead atoms. The molecule has 0 unspecified atom stereocenters. The number of ether oxygens (including phenoxy) is 1. The number of fused-ring (bicyclic) bond motifs is 1. The first kappa shape index (κ1) is 29.6. The molecule has 0 saturated carbocycles. The fraction of sp³-hybridized carbons (Fsp3) is 0.346. The number of rotatable bonds is 9. The number of alkyl halides is 6. The van der Waals surface area contributed by atoms with Gasteiger partial charge in [-0.2, -0.15) is 31.4 Å². The first-order valence-corrected chi connectivity index (χ1v) is 12.8. The SMILES string of the molecule is CN(C)CCOCCN=C1NC(=O)S/C1=C\c1ccc2nn(Cc3ccc(C(F)(F)F)cc3C(F)(F)F)cc2c1. The first-order chi connectivity index (χ1) is 18.8. The van der Waals surface area contributed by atoms with Crippen LogP contribution < -0.4 is 5.32 Å². The van der Waals surface area contributed by atoms with Crippen LogP contribution in [-0.4, -0.2) is 66.2 Å². The van der Waals surface area contributed by atoms with Crippen molar-refractivity contribution in [1.82, 2.24) is 20.0 Å². The quantitative estimate of drug-likeness (QED) is 0.250. The van der Waals surface area contributed by atoms with E-state index >= 15 is 0 Å². The summed E-state index contributed by atoms with van der Waals surface area (Å²) in [5.74, 6) is 0.420. The Morgan fingerprint density at radius 2 is 1.85 bits per heavy atom. The summed E-state index contributed by atoms with van der Waals surface area (Å²) in [6, 6.07) is 6.71. The van der Waals surface area contributed by atoms with Crippen LogP contribution in [0.3, 0.4) is 0 Å². The lowest BCUT2D eigenvalue weighted by Crippen LogP contribution is -2.21. The predicted octanol–water partition coefficient (Wildman–Crippen LogP) is 5.90. The first-order valence-electron chi connectivity index (χ1n) is 12.0. The fourth-order valence-corrected chi connectivity index (χ4v) is 4.62. The van der Waals surface area contributed by atoms with E-state index in [4.69, 9.17) is 4.74 Å². The van der Waals surface area contributed by atoms with Crippen molar-refractivity contribution >= 4 is 39.8 Å². The van der Waals surface area contributed by atoms with Gasteiger partial charge in [-0.15, -0.1) is 0 Å². The number of amides is 1. The van der Waals surface area contributed by atoms with Crippen molar-refractivity contribution in [3.63, 3.8) is 0 Å². The lowest BCUT2D eigenvalue weighted by molar-refractivity contribution is -0.143. The number of hydrogen-bond donors (Lipinski definition) is 1. The molecule has 0 radical (unpaired) electrons. The number of thioether (sulfide) groups is 1. The maximum atomic E-state index is 13.5. The lowest BCUT2D eigenvalue weighted by Gasteiger charge is -2.16.